The number of thiazole rings is 1. The van der Waals surface area contributed by atoms with E-state index in [1.807, 2.05) is 18.2 Å². The molecule has 0 amide bonds. The summed E-state index contributed by atoms with van der Waals surface area (Å²) >= 11 is 7.73. The molecule has 1 aromatic heterocycles. The van der Waals surface area contributed by atoms with Crippen molar-refractivity contribution < 1.29 is 0 Å². The first-order chi connectivity index (χ1) is 9.08. The largest absolute Gasteiger partial charge is 0.326 e. The molecule has 102 valence electrons. The molecule has 0 radical (unpaired) electrons. The van der Waals surface area contributed by atoms with Crippen LogP contribution < -0.4 is 5.73 Å². The lowest BCUT2D eigenvalue weighted by atomic mass is 10.1. The molecule has 2 N–H and O–H groups in total. The minimum absolute atomic E-state index is 0.579. The van der Waals surface area contributed by atoms with Gasteiger partial charge in [0.1, 0.15) is 0 Å². The highest BCUT2D eigenvalue weighted by Gasteiger charge is 2.11. The van der Waals surface area contributed by atoms with Crippen LogP contribution in [0, 0.1) is 5.92 Å². The van der Waals surface area contributed by atoms with Gasteiger partial charge in [-0.1, -0.05) is 37.6 Å². The van der Waals surface area contributed by atoms with E-state index in [9.17, 15) is 0 Å². The van der Waals surface area contributed by atoms with Crippen molar-refractivity contribution in [1.29, 1.82) is 0 Å². The molecule has 2 nitrogen and oxygen atoms in total. The van der Waals surface area contributed by atoms with Crippen LogP contribution in [0.4, 0.5) is 0 Å². The number of aromatic nitrogens is 1. The topological polar surface area (TPSA) is 38.9 Å². The van der Waals surface area contributed by atoms with Crippen molar-refractivity contribution in [1.82, 2.24) is 4.98 Å². The lowest BCUT2D eigenvalue weighted by Crippen LogP contribution is -2.02. The second kappa shape index (κ2) is 6.51. The van der Waals surface area contributed by atoms with Gasteiger partial charge in [0.05, 0.1) is 10.7 Å². The molecule has 0 unspecified atom stereocenters. The molecule has 0 fully saturated rings. The van der Waals surface area contributed by atoms with Gasteiger partial charge in [-0.25, -0.2) is 4.98 Å². The van der Waals surface area contributed by atoms with Crippen LogP contribution >= 0.6 is 22.9 Å². The average molecular weight is 295 g/mol. The molecule has 0 aliphatic rings. The first-order valence-corrected chi connectivity index (χ1v) is 7.70. The Morgan fingerprint density at radius 3 is 2.79 bits per heavy atom. The highest BCUT2D eigenvalue weighted by atomic mass is 35.5. The fourth-order valence-corrected chi connectivity index (χ4v) is 3.26. The average Bonchev–Trinajstić information content (AvgIpc) is 2.70. The normalized spacial score (nSPS) is 11.2. The molecule has 1 heterocycles. The van der Waals surface area contributed by atoms with Crippen LogP contribution in [0.15, 0.2) is 24.3 Å². The highest BCUT2D eigenvalue weighted by molar-refractivity contribution is 7.11. The van der Waals surface area contributed by atoms with E-state index in [1.54, 1.807) is 11.3 Å². The molecule has 19 heavy (non-hydrogen) atoms. The summed E-state index contributed by atoms with van der Waals surface area (Å²) in [6, 6.07) is 7.94. The predicted octanol–water partition coefficient (Wildman–Crippen LogP) is 4.04. The second-order valence-corrected chi connectivity index (χ2v) is 6.69. The van der Waals surface area contributed by atoms with Crippen molar-refractivity contribution in [2.45, 2.75) is 33.2 Å². The van der Waals surface area contributed by atoms with Crippen molar-refractivity contribution >= 4 is 22.9 Å². The van der Waals surface area contributed by atoms with Crippen LogP contribution in [-0.4, -0.2) is 4.98 Å². The summed E-state index contributed by atoms with van der Waals surface area (Å²) < 4.78 is 0. The van der Waals surface area contributed by atoms with E-state index >= 15 is 0 Å². The van der Waals surface area contributed by atoms with Gasteiger partial charge in [-0.05, 0) is 30.0 Å². The van der Waals surface area contributed by atoms with Crippen molar-refractivity contribution in [3.8, 4) is 0 Å². The van der Waals surface area contributed by atoms with Crippen LogP contribution in [0.1, 0.15) is 35.0 Å². The zero-order valence-electron chi connectivity index (χ0n) is 11.3. The van der Waals surface area contributed by atoms with Crippen molar-refractivity contribution in [3.05, 3.63) is 50.4 Å². The number of halogens is 1. The maximum atomic E-state index is 6.01. The smallest absolute Gasteiger partial charge is 0.0975 e. The molecular formula is C15H19ClN2S. The lowest BCUT2D eigenvalue weighted by molar-refractivity contribution is 0.632. The fraction of sp³-hybridized carbons (Fsp3) is 0.400. The summed E-state index contributed by atoms with van der Waals surface area (Å²) in [5.74, 6) is 0.603. The molecule has 0 bridgehead atoms. The van der Waals surface area contributed by atoms with Gasteiger partial charge in [0.25, 0.3) is 0 Å². The summed E-state index contributed by atoms with van der Waals surface area (Å²) in [7, 11) is 0. The Hall–Kier alpha value is -0.900. The van der Waals surface area contributed by atoms with E-state index in [4.69, 9.17) is 22.3 Å². The van der Waals surface area contributed by atoms with Gasteiger partial charge in [-0.2, -0.15) is 0 Å². The summed E-state index contributed by atoms with van der Waals surface area (Å²) in [5, 5.41) is 1.90. The van der Waals surface area contributed by atoms with Crippen LogP contribution in [0.2, 0.25) is 5.02 Å². The van der Waals surface area contributed by atoms with Gasteiger partial charge >= 0.3 is 0 Å². The Morgan fingerprint density at radius 1 is 1.37 bits per heavy atom. The second-order valence-electron chi connectivity index (χ2n) is 5.09. The molecule has 0 aliphatic heterocycles. The Bertz CT molecular complexity index is 549. The van der Waals surface area contributed by atoms with Crippen LogP contribution in [0.25, 0.3) is 0 Å². The standard InChI is InChI=1S/C15H19ClN2S/c1-10(2)6-13-14(9-17)19-15(18-13)8-11-4-3-5-12(16)7-11/h3-5,7,10H,6,8-9,17H2,1-2H3. The molecule has 0 atom stereocenters. The Morgan fingerprint density at radius 2 is 2.16 bits per heavy atom. The molecule has 2 aromatic rings. The van der Waals surface area contributed by atoms with E-state index in [0.29, 0.717) is 12.5 Å². The van der Waals surface area contributed by atoms with Crippen molar-refractivity contribution in [2.24, 2.45) is 11.7 Å². The molecule has 0 saturated carbocycles. The summed E-state index contributed by atoms with van der Waals surface area (Å²) in [6.45, 7) is 4.99. The molecule has 2 rings (SSSR count). The lowest BCUT2D eigenvalue weighted by Gasteiger charge is -2.02. The number of rotatable bonds is 5. The van der Waals surface area contributed by atoms with Gasteiger partial charge in [0.2, 0.25) is 0 Å². The van der Waals surface area contributed by atoms with Crippen LogP contribution in [0.5, 0.6) is 0 Å². The summed E-state index contributed by atoms with van der Waals surface area (Å²) in [6.07, 6.45) is 1.83. The third-order valence-electron chi connectivity index (χ3n) is 2.85. The zero-order valence-corrected chi connectivity index (χ0v) is 12.9. The zero-order chi connectivity index (χ0) is 13.8. The number of hydrogen-bond donors (Lipinski definition) is 1. The molecule has 4 heteroatoms. The Kier molecular flexibility index (Phi) is 4.97. The Balaban J connectivity index is 2.19. The van der Waals surface area contributed by atoms with Gasteiger partial charge in [-0.15, -0.1) is 11.3 Å². The third-order valence-corrected chi connectivity index (χ3v) is 4.21. The number of hydrogen-bond acceptors (Lipinski definition) is 3. The third kappa shape index (κ3) is 4.03. The van der Waals surface area contributed by atoms with Gasteiger partial charge in [-0.3, -0.25) is 0 Å². The fourth-order valence-electron chi connectivity index (χ4n) is 2.04. The summed E-state index contributed by atoms with van der Waals surface area (Å²) in [4.78, 5) is 5.96. The SMILES string of the molecule is CC(C)Cc1nc(Cc2cccc(Cl)c2)sc1CN. The monoisotopic (exact) mass is 294 g/mol. The minimum Gasteiger partial charge on any atom is -0.326 e. The number of nitrogens with two attached hydrogens (primary N) is 1. The van der Waals surface area contributed by atoms with Crippen LogP contribution in [-0.2, 0) is 19.4 Å². The predicted molar refractivity (Wildman–Crippen MR) is 82.8 cm³/mol. The molecular weight excluding hydrogens is 276 g/mol. The van der Waals surface area contributed by atoms with Gasteiger partial charge in [0.15, 0.2) is 0 Å². The quantitative estimate of drug-likeness (QED) is 0.904. The van der Waals surface area contributed by atoms with E-state index in [2.05, 4.69) is 19.9 Å². The molecule has 0 spiro atoms. The van der Waals surface area contributed by atoms with Gasteiger partial charge in [0, 0.05) is 22.9 Å². The van der Waals surface area contributed by atoms with Crippen molar-refractivity contribution in [2.75, 3.05) is 0 Å². The highest BCUT2D eigenvalue weighted by Crippen LogP contribution is 2.24. The first-order valence-electron chi connectivity index (χ1n) is 6.50. The van der Waals surface area contributed by atoms with E-state index in [0.717, 1.165) is 22.9 Å². The Labute approximate surface area is 123 Å². The number of nitrogens with zero attached hydrogens (tertiary/aromatic N) is 1. The number of benzene rings is 1. The maximum absolute atomic E-state index is 6.01. The molecule has 1 aromatic carbocycles. The van der Waals surface area contributed by atoms with E-state index < -0.39 is 0 Å². The minimum atomic E-state index is 0.579. The summed E-state index contributed by atoms with van der Waals surface area (Å²) in [5.41, 5.74) is 8.17. The molecule has 0 aliphatic carbocycles. The van der Waals surface area contributed by atoms with E-state index in [-0.39, 0.29) is 0 Å². The van der Waals surface area contributed by atoms with Crippen LogP contribution in [0.3, 0.4) is 0 Å². The first kappa shape index (κ1) is 14.5. The maximum Gasteiger partial charge on any atom is 0.0975 e. The van der Waals surface area contributed by atoms with Crippen molar-refractivity contribution in [3.63, 3.8) is 0 Å². The molecule has 0 saturated heterocycles. The van der Waals surface area contributed by atoms with E-state index in [1.165, 1.54) is 16.1 Å². The van der Waals surface area contributed by atoms with Gasteiger partial charge < -0.3 is 5.73 Å².